The molecule has 1 amide bonds. The molecule has 2 aromatic rings. The lowest BCUT2D eigenvalue weighted by molar-refractivity contribution is -0.139. The van der Waals surface area contributed by atoms with E-state index in [2.05, 4.69) is 32.2 Å². The maximum atomic E-state index is 13.3. The van der Waals surface area contributed by atoms with E-state index < -0.39 is 17.9 Å². The van der Waals surface area contributed by atoms with Crippen LogP contribution in [0.2, 0.25) is 0 Å². The SMILES string of the molecule is CC(C)(C)C1CCC(Oc2ccc3cc(C(=O)NC(CC4C=CSC4)C(=O)O)nc(CC4CCCC4)c3c2)CC1. The summed E-state index contributed by atoms with van der Waals surface area (Å²) in [7, 11) is 0. The van der Waals surface area contributed by atoms with Crippen LogP contribution >= 0.6 is 11.8 Å². The summed E-state index contributed by atoms with van der Waals surface area (Å²) in [5.74, 6) is 1.73. The van der Waals surface area contributed by atoms with E-state index in [0.29, 0.717) is 17.8 Å². The molecule has 1 aliphatic heterocycles. The van der Waals surface area contributed by atoms with Crippen molar-refractivity contribution in [1.82, 2.24) is 10.3 Å². The largest absolute Gasteiger partial charge is 0.490 e. The average Bonchev–Trinajstić information content (AvgIpc) is 3.63. The Morgan fingerprint density at radius 3 is 2.50 bits per heavy atom. The minimum absolute atomic E-state index is 0.149. The van der Waals surface area contributed by atoms with Crippen molar-refractivity contribution in [2.75, 3.05) is 5.75 Å². The fourth-order valence-corrected chi connectivity index (χ4v) is 7.61. The van der Waals surface area contributed by atoms with Crippen LogP contribution in [-0.4, -0.2) is 39.9 Å². The maximum absolute atomic E-state index is 13.3. The summed E-state index contributed by atoms with van der Waals surface area (Å²) in [6, 6.07) is 6.99. The second-order valence-corrected chi connectivity index (χ2v) is 14.1. The van der Waals surface area contributed by atoms with E-state index in [-0.39, 0.29) is 17.7 Å². The van der Waals surface area contributed by atoms with Crippen molar-refractivity contribution in [3.8, 4) is 5.75 Å². The van der Waals surface area contributed by atoms with Crippen molar-refractivity contribution in [3.05, 3.63) is 47.1 Å². The molecule has 216 valence electrons. The number of carboxylic acid groups (broad SMARTS) is 1. The molecule has 3 aliphatic rings. The predicted molar refractivity (Wildman–Crippen MR) is 162 cm³/mol. The van der Waals surface area contributed by atoms with Crippen molar-refractivity contribution >= 4 is 34.4 Å². The summed E-state index contributed by atoms with van der Waals surface area (Å²) in [5.41, 5.74) is 1.55. The Labute approximate surface area is 242 Å². The molecule has 1 aromatic heterocycles. The van der Waals surface area contributed by atoms with Gasteiger partial charge in [0, 0.05) is 16.8 Å². The quantitative estimate of drug-likeness (QED) is 0.330. The number of nitrogens with zero attached hydrogens (tertiary/aromatic N) is 1. The number of fused-ring (bicyclic) bond motifs is 1. The zero-order chi connectivity index (χ0) is 28.3. The summed E-state index contributed by atoms with van der Waals surface area (Å²) in [5, 5.41) is 16.5. The van der Waals surface area contributed by atoms with E-state index in [4.69, 9.17) is 9.72 Å². The number of benzene rings is 1. The highest BCUT2D eigenvalue weighted by Gasteiger charge is 2.31. The Bertz CT molecular complexity index is 1240. The third-order valence-electron chi connectivity index (χ3n) is 9.17. The van der Waals surface area contributed by atoms with Gasteiger partial charge in [-0.25, -0.2) is 9.78 Å². The fourth-order valence-electron chi connectivity index (χ4n) is 6.67. The van der Waals surface area contributed by atoms with Gasteiger partial charge in [-0.1, -0.05) is 58.6 Å². The van der Waals surface area contributed by atoms with Gasteiger partial charge in [0.15, 0.2) is 0 Å². The van der Waals surface area contributed by atoms with Crippen LogP contribution < -0.4 is 10.1 Å². The molecule has 0 radical (unpaired) electrons. The molecule has 0 saturated heterocycles. The Morgan fingerprint density at radius 2 is 1.85 bits per heavy atom. The third-order valence-corrected chi connectivity index (χ3v) is 10.1. The van der Waals surface area contributed by atoms with Gasteiger partial charge in [0.1, 0.15) is 17.5 Å². The van der Waals surface area contributed by atoms with E-state index in [1.807, 2.05) is 23.6 Å². The molecule has 1 aromatic carbocycles. The first-order valence-electron chi connectivity index (χ1n) is 15.1. The van der Waals surface area contributed by atoms with Gasteiger partial charge in [0.05, 0.1) is 6.10 Å². The molecule has 7 heteroatoms. The Hall–Kier alpha value is -2.54. The normalized spacial score (nSPS) is 24.3. The third kappa shape index (κ3) is 7.20. The van der Waals surface area contributed by atoms with Crippen LogP contribution in [0.15, 0.2) is 35.7 Å². The first kappa shape index (κ1) is 29.0. The van der Waals surface area contributed by atoms with Crippen LogP contribution in [0, 0.1) is 23.2 Å². The second-order valence-electron chi connectivity index (χ2n) is 13.2. The van der Waals surface area contributed by atoms with Gasteiger partial charge >= 0.3 is 5.97 Å². The van der Waals surface area contributed by atoms with Crippen LogP contribution in [0.5, 0.6) is 5.75 Å². The average molecular weight is 565 g/mol. The first-order valence-corrected chi connectivity index (χ1v) is 16.1. The molecule has 2 saturated carbocycles. The number of carboxylic acids is 1. The number of aliphatic carboxylic acids is 1. The molecule has 2 heterocycles. The molecule has 2 N–H and O–H groups in total. The first-order chi connectivity index (χ1) is 19.2. The van der Waals surface area contributed by atoms with E-state index in [1.54, 1.807) is 17.8 Å². The number of aromatic nitrogens is 1. The van der Waals surface area contributed by atoms with Crippen LogP contribution in [0.25, 0.3) is 10.8 Å². The molecular formula is C33H44N2O4S. The topological polar surface area (TPSA) is 88.5 Å². The highest BCUT2D eigenvalue weighted by molar-refractivity contribution is 8.02. The van der Waals surface area contributed by atoms with Crippen LogP contribution in [0.4, 0.5) is 0 Å². The molecule has 0 bridgehead atoms. The van der Waals surface area contributed by atoms with Gasteiger partial charge < -0.3 is 15.2 Å². The number of allylic oxidation sites excluding steroid dienone is 1. The van der Waals surface area contributed by atoms with E-state index in [0.717, 1.165) is 53.1 Å². The summed E-state index contributed by atoms with van der Waals surface area (Å²) in [6.07, 6.45) is 12.8. The molecule has 2 aliphatic carbocycles. The lowest BCUT2D eigenvalue weighted by atomic mass is 9.72. The number of ether oxygens (including phenoxy) is 1. The zero-order valence-corrected chi connectivity index (χ0v) is 25.0. The van der Waals surface area contributed by atoms with E-state index >= 15 is 0 Å². The molecule has 40 heavy (non-hydrogen) atoms. The number of pyridine rings is 1. The van der Waals surface area contributed by atoms with E-state index in [1.165, 1.54) is 38.5 Å². The highest BCUT2D eigenvalue weighted by atomic mass is 32.2. The molecule has 5 rings (SSSR count). The molecule has 0 spiro atoms. The number of amides is 1. The fraction of sp³-hybridized carbons (Fsp3) is 0.606. The number of rotatable bonds is 9. The second kappa shape index (κ2) is 12.5. The molecule has 2 unspecified atom stereocenters. The van der Waals surface area contributed by atoms with Gasteiger partial charge in [0.25, 0.3) is 5.91 Å². The Morgan fingerprint density at radius 1 is 1.10 bits per heavy atom. The summed E-state index contributed by atoms with van der Waals surface area (Å²) >= 11 is 1.67. The van der Waals surface area contributed by atoms with Gasteiger partial charge in [0.2, 0.25) is 0 Å². The zero-order valence-electron chi connectivity index (χ0n) is 24.2. The van der Waals surface area contributed by atoms with Gasteiger partial charge in [-0.2, -0.15) is 0 Å². The lowest BCUT2D eigenvalue weighted by Gasteiger charge is -2.37. The number of carbonyl (C=O) groups excluding carboxylic acids is 1. The van der Waals surface area contributed by atoms with Crippen LogP contribution in [0.1, 0.15) is 94.7 Å². The number of hydrogen-bond donors (Lipinski definition) is 2. The minimum Gasteiger partial charge on any atom is -0.490 e. The van der Waals surface area contributed by atoms with Crippen molar-refractivity contribution in [1.29, 1.82) is 0 Å². The molecule has 2 atom stereocenters. The van der Waals surface area contributed by atoms with Crippen molar-refractivity contribution in [3.63, 3.8) is 0 Å². The van der Waals surface area contributed by atoms with Crippen LogP contribution in [0.3, 0.4) is 0 Å². The smallest absolute Gasteiger partial charge is 0.326 e. The number of carbonyl (C=O) groups is 2. The summed E-state index contributed by atoms with van der Waals surface area (Å²) in [6.45, 7) is 7.01. The highest BCUT2D eigenvalue weighted by Crippen LogP contribution is 2.39. The summed E-state index contributed by atoms with van der Waals surface area (Å²) < 4.78 is 6.49. The molecular weight excluding hydrogens is 520 g/mol. The standard InChI is InChI=1S/C33H44N2O4S/c1-33(2,3)24-9-12-25(13-10-24)39-26-11-8-23-18-29(34-28(27(23)19-26)16-21-6-4-5-7-21)31(36)35-30(32(37)38)17-22-14-15-40-20-22/h8,11,14-15,18-19,21-22,24-25,30H,4-7,9-10,12-13,16-17,20H2,1-3H3,(H,35,36)(H,37,38). The predicted octanol–water partition coefficient (Wildman–Crippen LogP) is 7.40. The monoisotopic (exact) mass is 564 g/mol. The molecule has 2 fully saturated rings. The Balaban J connectivity index is 1.35. The molecule has 6 nitrogen and oxygen atoms in total. The van der Waals surface area contributed by atoms with Crippen molar-refractivity contribution in [2.45, 2.75) is 97.1 Å². The number of hydrogen-bond acceptors (Lipinski definition) is 5. The van der Waals surface area contributed by atoms with Gasteiger partial charge in [-0.05, 0) is 90.7 Å². The van der Waals surface area contributed by atoms with Crippen LogP contribution in [-0.2, 0) is 11.2 Å². The Kier molecular flexibility index (Phi) is 9.08. The summed E-state index contributed by atoms with van der Waals surface area (Å²) in [4.78, 5) is 30.1. The van der Waals surface area contributed by atoms with Gasteiger partial charge in [-0.3, -0.25) is 4.79 Å². The maximum Gasteiger partial charge on any atom is 0.326 e. The van der Waals surface area contributed by atoms with Gasteiger partial charge in [-0.15, -0.1) is 11.8 Å². The number of thioether (sulfide) groups is 1. The van der Waals surface area contributed by atoms with Crippen molar-refractivity contribution < 1.29 is 19.4 Å². The minimum atomic E-state index is -1.01. The van der Waals surface area contributed by atoms with Crippen molar-refractivity contribution in [2.24, 2.45) is 23.2 Å². The lowest BCUT2D eigenvalue weighted by Crippen LogP contribution is -2.42. The number of nitrogens with one attached hydrogen (secondary N) is 1. The van der Waals surface area contributed by atoms with E-state index in [9.17, 15) is 14.7 Å².